The molecule has 6 nitrogen and oxygen atoms in total. The van der Waals surface area contributed by atoms with E-state index in [2.05, 4.69) is 5.32 Å². The third-order valence-corrected chi connectivity index (χ3v) is 3.61. The topological polar surface area (TPSA) is 105 Å². The van der Waals surface area contributed by atoms with E-state index in [9.17, 15) is 15.0 Å². The van der Waals surface area contributed by atoms with Crippen LogP contribution in [0, 0.1) is 11.8 Å². The van der Waals surface area contributed by atoms with Crippen LogP contribution in [0.25, 0.3) is 0 Å². The second kappa shape index (κ2) is 8.60. The lowest BCUT2D eigenvalue weighted by Crippen LogP contribution is -2.45. The van der Waals surface area contributed by atoms with E-state index in [1.54, 1.807) is 12.1 Å². The standard InChI is InChI=1S/C16H26N2O4/c1-10(2)15(17)16(21)18-8-12(9-19)6-11-4-5-14(22-3)13(20)7-11/h4-5,7,10,12,15,19-20H,6,8-9,17H2,1-3H3,(H,18,21)/t12?,15-/m0/s1. The van der Waals surface area contributed by atoms with Crippen molar-refractivity contribution in [2.75, 3.05) is 20.3 Å². The molecule has 0 aliphatic heterocycles. The highest BCUT2D eigenvalue weighted by molar-refractivity contribution is 5.81. The molecule has 1 unspecified atom stereocenters. The maximum Gasteiger partial charge on any atom is 0.237 e. The van der Waals surface area contributed by atoms with E-state index < -0.39 is 6.04 Å². The number of phenolic OH excluding ortho intramolecular Hbond substituents is 1. The van der Waals surface area contributed by atoms with Crippen LogP contribution < -0.4 is 15.8 Å². The van der Waals surface area contributed by atoms with E-state index in [1.165, 1.54) is 7.11 Å². The van der Waals surface area contributed by atoms with Crippen molar-refractivity contribution < 1.29 is 19.7 Å². The van der Waals surface area contributed by atoms with Gasteiger partial charge in [0.2, 0.25) is 5.91 Å². The first-order valence-corrected chi connectivity index (χ1v) is 7.39. The first-order chi connectivity index (χ1) is 10.4. The number of ether oxygens (including phenoxy) is 1. The Morgan fingerprint density at radius 2 is 2.09 bits per heavy atom. The highest BCUT2D eigenvalue weighted by atomic mass is 16.5. The number of amides is 1. The van der Waals surface area contributed by atoms with Crippen LogP contribution in [-0.2, 0) is 11.2 Å². The Morgan fingerprint density at radius 1 is 1.41 bits per heavy atom. The van der Waals surface area contributed by atoms with Crippen LogP contribution in [0.3, 0.4) is 0 Å². The number of methoxy groups -OCH3 is 1. The lowest BCUT2D eigenvalue weighted by molar-refractivity contribution is -0.123. The summed E-state index contributed by atoms with van der Waals surface area (Å²) < 4.78 is 4.99. The van der Waals surface area contributed by atoms with Crippen molar-refractivity contribution >= 4 is 5.91 Å². The Balaban J connectivity index is 2.58. The molecule has 1 amide bonds. The molecule has 1 rings (SSSR count). The van der Waals surface area contributed by atoms with E-state index in [-0.39, 0.29) is 30.1 Å². The highest BCUT2D eigenvalue weighted by Gasteiger charge is 2.18. The van der Waals surface area contributed by atoms with Crippen molar-refractivity contribution in [2.45, 2.75) is 26.3 Å². The molecule has 0 aliphatic carbocycles. The van der Waals surface area contributed by atoms with Crippen LogP contribution in [0.2, 0.25) is 0 Å². The number of carbonyl (C=O) groups is 1. The number of nitrogens with one attached hydrogen (secondary N) is 1. The Morgan fingerprint density at radius 3 is 2.59 bits per heavy atom. The number of hydrogen-bond acceptors (Lipinski definition) is 5. The van der Waals surface area contributed by atoms with Gasteiger partial charge in [0.05, 0.1) is 13.2 Å². The minimum Gasteiger partial charge on any atom is -0.504 e. The van der Waals surface area contributed by atoms with Crippen molar-refractivity contribution in [3.05, 3.63) is 23.8 Å². The Kier molecular flexibility index (Phi) is 7.14. The summed E-state index contributed by atoms with van der Waals surface area (Å²) >= 11 is 0. The van der Waals surface area contributed by atoms with E-state index >= 15 is 0 Å². The molecule has 1 aromatic carbocycles. The van der Waals surface area contributed by atoms with E-state index in [0.29, 0.717) is 18.7 Å². The van der Waals surface area contributed by atoms with Gasteiger partial charge >= 0.3 is 0 Å². The third kappa shape index (κ3) is 5.20. The second-order valence-electron chi connectivity index (χ2n) is 5.77. The minimum atomic E-state index is -0.552. The molecule has 6 heteroatoms. The van der Waals surface area contributed by atoms with Crippen LogP contribution in [0.1, 0.15) is 19.4 Å². The van der Waals surface area contributed by atoms with Crippen LogP contribution in [0.4, 0.5) is 0 Å². The van der Waals surface area contributed by atoms with Crippen molar-refractivity contribution in [1.82, 2.24) is 5.32 Å². The van der Waals surface area contributed by atoms with Crippen LogP contribution in [-0.4, -0.2) is 42.4 Å². The van der Waals surface area contributed by atoms with Gasteiger partial charge in [-0.1, -0.05) is 19.9 Å². The molecular weight excluding hydrogens is 284 g/mol. The average molecular weight is 310 g/mol. The van der Waals surface area contributed by atoms with Crippen molar-refractivity contribution in [1.29, 1.82) is 0 Å². The summed E-state index contributed by atoms with van der Waals surface area (Å²) in [5, 5.41) is 22.0. The summed E-state index contributed by atoms with van der Waals surface area (Å²) in [4.78, 5) is 11.8. The predicted octanol–water partition coefficient (Wildman–Crippen LogP) is 0.651. The van der Waals surface area contributed by atoms with Gasteiger partial charge in [0, 0.05) is 19.1 Å². The summed E-state index contributed by atoms with van der Waals surface area (Å²) in [5.41, 5.74) is 6.63. The number of aromatic hydroxyl groups is 1. The van der Waals surface area contributed by atoms with Gasteiger partial charge in [-0.05, 0) is 30.0 Å². The Hall–Kier alpha value is -1.79. The summed E-state index contributed by atoms with van der Waals surface area (Å²) in [7, 11) is 1.48. The number of aliphatic hydroxyl groups excluding tert-OH is 1. The first kappa shape index (κ1) is 18.3. The van der Waals surface area contributed by atoms with Gasteiger partial charge in [0.25, 0.3) is 0 Å². The zero-order chi connectivity index (χ0) is 16.7. The number of hydrogen-bond donors (Lipinski definition) is 4. The van der Waals surface area contributed by atoms with E-state index in [0.717, 1.165) is 5.56 Å². The lowest BCUT2D eigenvalue weighted by Gasteiger charge is -2.19. The predicted molar refractivity (Wildman–Crippen MR) is 84.8 cm³/mol. The van der Waals surface area contributed by atoms with Crippen molar-refractivity contribution in [2.24, 2.45) is 17.6 Å². The molecule has 22 heavy (non-hydrogen) atoms. The lowest BCUT2D eigenvalue weighted by atomic mass is 9.99. The van der Waals surface area contributed by atoms with Crippen molar-refractivity contribution in [3.8, 4) is 11.5 Å². The van der Waals surface area contributed by atoms with E-state index in [4.69, 9.17) is 10.5 Å². The maximum absolute atomic E-state index is 11.8. The van der Waals surface area contributed by atoms with Crippen LogP contribution in [0.5, 0.6) is 11.5 Å². The van der Waals surface area contributed by atoms with Crippen molar-refractivity contribution in [3.63, 3.8) is 0 Å². The van der Waals surface area contributed by atoms with Gasteiger partial charge in [-0.3, -0.25) is 4.79 Å². The maximum atomic E-state index is 11.8. The zero-order valence-corrected chi connectivity index (χ0v) is 13.4. The third-order valence-electron chi connectivity index (χ3n) is 3.61. The fraction of sp³-hybridized carbons (Fsp3) is 0.562. The molecule has 0 aromatic heterocycles. The highest BCUT2D eigenvalue weighted by Crippen LogP contribution is 2.27. The monoisotopic (exact) mass is 310 g/mol. The first-order valence-electron chi connectivity index (χ1n) is 7.39. The second-order valence-corrected chi connectivity index (χ2v) is 5.77. The molecule has 5 N–H and O–H groups in total. The van der Waals surface area contributed by atoms with Crippen LogP contribution >= 0.6 is 0 Å². The molecule has 0 spiro atoms. The fourth-order valence-corrected chi connectivity index (χ4v) is 2.06. The van der Waals surface area contributed by atoms with Gasteiger partial charge in [-0.25, -0.2) is 0 Å². The molecule has 0 saturated carbocycles. The Bertz CT molecular complexity index is 491. The number of nitrogens with two attached hydrogens (primary N) is 1. The van der Waals surface area contributed by atoms with Gasteiger partial charge in [-0.15, -0.1) is 0 Å². The van der Waals surface area contributed by atoms with Gasteiger partial charge in [-0.2, -0.15) is 0 Å². The number of carbonyl (C=O) groups excluding carboxylic acids is 1. The molecule has 0 bridgehead atoms. The van der Waals surface area contributed by atoms with Gasteiger partial charge < -0.3 is 26.0 Å². The molecule has 2 atom stereocenters. The summed E-state index contributed by atoms with van der Waals surface area (Å²) in [5.74, 6) is 0.163. The quantitative estimate of drug-likeness (QED) is 0.564. The molecule has 1 aromatic rings. The SMILES string of the molecule is COc1ccc(CC(CO)CNC(=O)[C@@H](N)C(C)C)cc1O. The molecular formula is C16H26N2O4. The molecule has 0 saturated heterocycles. The molecule has 0 radical (unpaired) electrons. The molecule has 124 valence electrons. The minimum absolute atomic E-state index is 0.0579. The number of benzene rings is 1. The largest absolute Gasteiger partial charge is 0.504 e. The number of aliphatic hydroxyl groups is 1. The van der Waals surface area contributed by atoms with Gasteiger partial charge in [0.1, 0.15) is 0 Å². The normalized spacial score (nSPS) is 13.7. The smallest absolute Gasteiger partial charge is 0.237 e. The summed E-state index contributed by atoms with van der Waals surface area (Å²) in [6.07, 6.45) is 0.533. The molecule has 0 fully saturated rings. The molecule has 0 heterocycles. The molecule has 0 aliphatic rings. The zero-order valence-electron chi connectivity index (χ0n) is 13.4. The number of rotatable bonds is 8. The fourth-order valence-electron chi connectivity index (χ4n) is 2.06. The Labute approximate surface area is 131 Å². The van der Waals surface area contributed by atoms with Crippen LogP contribution in [0.15, 0.2) is 18.2 Å². The van der Waals surface area contributed by atoms with Gasteiger partial charge in [0.15, 0.2) is 11.5 Å². The number of phenols is 1. The summed E-state index contributed by atoms with van der Waals surface area (Å²) in [6, 6.07) is 4.54. The summed E-state index contributed by atoms with van der Waals surface area (Å²) in [6.45, 7) is 4.04. The van der Waals surface area contributed by atoms with E-state index in [1.807, 2.05) is 19.9 Å². The average Bonchev–Trinajstić information content (AvgIpc) is 2.50.